The van der Waals surface area contributed by atoms with Gasteiger partial charge in [-0.05, 0) is 24.3 Å². The monoisotopic (exact) mass is 509 g/mol. The Morgan fingerprint density at radius 3 is 2.76 bits per heavy atom. The summed E-state index contributed by atoms with van der Waals surface area (Å²) in [5, 5.41) is 8.81. The summed E-state index contributed by atoms with van der Waals surface area (Å²) >= 11 is 7.13. The fourth-order valence-corrected chi connectivity index (χ4v) is 3.79. The van der Waals surface area contributed by atoms with Crippen molar-refractivity contribution in [3.63, 3.8) is 0 Å². The van der Waals surface area contributed by atoms with Gasteiger partial charge >= 0.3 is 0 Å². The third kappa shape index (κ3) is 5.78. The highest BCUT2D eigenvalue weighted by Gasteiger charge is 2.14. The van der Waals surface area contributed by atoms with Crippen LogP contribution in [0.5, 0.6) is 11.5 Å². The third-order valence-corrected chi connectivity index (χ3v) is 5.36. The van der Waals surface area contributed by atoms with Crippen molar-refractivity contribution in [1.82, 2.24) is 15.0 Å². The Hall–Kier alpha value is -3.21. The Labute approximate surface area is 203 Å². The summed E-state index contributed by atoms with van der Waals surface area (Å²) in [5.41, 5.74) is 1.46. The molecule has 0 saturated heterocycles. The quantitative estimate of drug-likeness (QED) is 0.335. The summed E-state index contributed by atoms with van der Waals surface area (Å²) in [6, 6.07) is 7.75. The predicted molar refractivity (Wildman–Crippen MR) is 129 cm³/mol. The van der Waals surface area contributed by atoms with Crippen LogP contribution >= 0.6 is 35.3 Å². The molecule has 0 radical (unpaired) electrons. The van der Waals surface area contributed by atoms with Gasteiger partial charge < -0.3 is 20.1 Å². The number of carbonyl (C=O) groups excluding carboxylic acids is 1. The summed E-state index contributed by atoms with van der Waals surface area (Å²) in [6.07, 6.45) is 1.37. The zero-order chi connectivity index (χ0) is 22.7. The molecule has 8 nitrogen and oxygen atoms in total. The van der Waals surface area contributed by atoms with E-state index in [0.29, 0.717) is 44.1 Å². The van der Waals surface area contributed by atoms with E-state index in [0.717, 1.165) is 0 Å². The van der Waals surface area contributed by atoms with Gasteiger partial charge in [-0.1, -0.05) is 11.6 Å². The van der Waals surface area contributed by atoms with Crippen LogP contribution in [-0.2, 0) is 11.4 Å². The number of aromatic nitrogens is 3. The molecule has 33 heavy (non-hydrogen) atoms. The maximum absolute atomic E-state index is 14.2. The first-order valence-corrected chi connectivity index (χ1v) is 10.6. The molecule has 0 unspecified atom stereocenters. The topological polar surface area (TPSA) is 98.3 Å². The molecule has 12 heteroatoms. The molecule has 0 saturated carbocycles. The van der Waals surface area contributed by atoms with E-state index in [1.807, 2.05) is 0 Å². The molecule has 0 atom stereocenters. The zero-order valence-corrected chi connectivity index (χ0v) is 19.8. The first-order valence-electron chi connectivity index (χ1n) is 9.32. The van der Waals surface area contributed by atoms with Crippen molar-refractivity contribution in [1.29, 1.82) is 0 Å². The van der Waals surface area contributed by atoms with Gasteiger partial charge in [-0.2, -0.15) is 0 Å². The Kier molecular flexibility index (Phi) is 7.85. The van der Waals surface area contributed by atoms with E-state index < -0.39 is 5.82 Å². The lowest BCUT2D eigenvalue weighted by atomic mass is 10.2. The van der Waals surface area contributed by atoms with Gasteiger partial charge in [0, 0.05) is 28.8 Å². The predicted octanol–water partition coefficient (Wildman–Crippen LogP) is 5.59. The summed E-state index contributed by atoms with van der Waals surface area (Å²) in [4.78, 5) is 24.0. The van der Waals surface area contributed by atoms with Crippen LogP contribution in [0.4, 0.5) is 21.0 Å². The van der Waals surface area contributed by atoms with Gasteiger partial charge in [0.2, 0.25) is 5.91 Å². The van der Waals surface area contributed by atoms with E-state index in [1.54, 1.807) is 23.6 Å². The van der Waals surface area contributed by atoms with Crippen molar-refractivity contribution in [2.75, 3.05) is 17.7 Å². The number of amides is 1. The minimum atomic E-state index is -0.502. The second-order valence-electron chi connectivity index (χ2n) is 6.61. The fraction of sp³-hybridized carbons (Fsp3) is 0.143. The molecule has 4 aromatic rings. The van der Waals surface area contributed by atoms with Gasteiger partial charge in [-0.25, -0.2) is 19.3 Å². The van der Waals surface area contributed by atoms with Gasteiger partial charge in [0.25, 0.3) is 0 Å². The highest BCUT2D eigenvalue weighted by atomic mass is 35.5. The zero-order valence-electron chi connectivity index (χ0n) is 17.4. The Morgan fingerprint density at radius 2 is 2.03 bits per heavy atom. The molecule has 0 aliphatic heterocycles. The smallest absolute Gasteiger partial charge is 0.223 e. The minimum absolute atomic E-state index is 0. The number of hydrogen-bond acceptors (Lipinski definition) is 8. The molecule has 0 fully saturated rings. The van der Waals surface area contributed by atoms with E-state index in [-0.39, 0.29) is 30.6 Å². The highest BCUT2D eigenvalue weighted by Crippen LogP contribution is 2.35. The summed E-state index contributed by atoms with van der Waals surface area (Å²) in [5.74, 6) is 0.616. The van der Waals surface area contributed by atoms with E-state index in [1.165, 1.54) is 43.8 Å². The second-order valence-corrected chi connectivity index (χ2v) is 7.90. The summed E-state index contributed by atoms with van der Waals surface area (Å²) in [7, 11) is 1.52. The first kappa shape index (κ1) is 24.4. The largest absolute Gasteiger partial charge is 0.493 e. The number of nitrogens with one attached hydrogen (secondary N) is 2. The van der Waals surface area contributed by atoms with Crippen LogP contribution in [0.2, 0.25) is 5.02 Å². The van der Waals surface area contributed by atoms with E-state index >= 15 is 0 Å². The number of hydrogen-bond donors (Lipinski definition) is 2. The molecule has 0 bridgehead atoms. The minimum Gasteiger partial charge on any atom is -0.493 e. The van der Waals surface area contributed by atoms with Crippen LogP contribution in [0.3, 0.4) is 0 Å². The number of rotatable bonds is 7. The van der Waals surface area contributed by atoms with Crippen LogP contribution in [0.15, 0.2) is 42.0 Å². The van der Waals surface area contributed by atoms with E-state index in [4.69, 9.17) is 21.1 Å². The van der Waals surface area contributed by atoms with Crippen molar-refractivity contribution < 1.29 is 18.7 Å². The molecular weight excluding hydrogens is 492 g/mol. The molecule has 2 N–H and O–H groups in total. The Balaban J connectivity index is 0.00000306. The molecule has 0 aliphatic rings. The number of methoxy groups -OCH3 is 1. The number of anilines is 3. The average Bonchev–Trinajstić information content (AvgIpc) is 3.20. The van der Waals surface area contributed by atoms with E-state index in [9.17, 15) is 9.18 Å². The fourth-order valence-electron chi connectivity index (χ4n) is 2.89. The standard InChI is InChI=1S/C21H17ClFN5O3S.ClH/c1-11(29)26-21-27-13(9-32-21)8-31-19-7-17-14(6-18(19)30-2)20(25-10-24-17)28-16-4-3-12(22)5-15(16)23;/h3-7,9-10H,8H2,1-2H3,(H,24,25,28)(H,26,27,29);1H. The van der Waals surface area contributed by atoms with Crippen LogP contribution in [-0.4, -0.2) is 28.0 Å². The number of carbonyl (C=O) groups is 1. The second kappa shape index (κ2) is 10.6. The summed E-state index contributed by atoms with van der Waals surface area (Å²) in [6.45, 7) is 1.59. The lowest BCUT2D eigenvalue weighted by molar-refractivity contribution is -0.114. The number of benzene rings is 2. The number of ether oxygens (including phenoxy) is 2. The Morgan fingerprint density at radius 1 is 1.21 bits per heavy atom. The lowest BCUT2D eigenvalue weighted by Crippen LogP contribution is -2.05. The van der Waals surface area contributed by atoms with Gasteiger partial charge in [0.1, 0.15) is 24.6 Å². The average molecular weight is 510 g/mol. The van der Waals surface area contributed by atoms with Crippen molar-refractivity contribution in [2.45, 2.75) is 13.5 Å². The van der Waals surface area contributed by atoms with Gasteiger partial charge in [0.15, 0.2) is 16.6 Å². The van der Waals surface area contributed by atoms with Crippen molar-refractivity contribution in [2.24, 2.45) is 0 Å². The molecule has 2 aromatic carbocycles. The maximum Gasteiger partial charge on any atom is 0.223 e. The number of fused-ring (bicyclic) bond motifs is 1. The molecule has 2 aromatic heterocycles. The number of nitrogens with zero attached hydrogens (tertiary/aromatic N) is 3. The van der Waals surface area contributed by atoms with Crippen LogP contribution < -0.4 is 20.1 Å². The third-order valence-electron chi connectivity index (χ3n) is 4.32. The van der Waals surface area contributed by atoms with Crippen LogP contribution in [0.25, 0.3) is 10.9 Å². The van der Waals surface area contributed by atoms with Crippen LogP contribution in [0.1, 0.15) is 12.6 Å². The van der Waals surface area contributed by atoms with Crippen molar-refractivity contribution in [3.8, 4) is 11.5 Å². The SMILES string of the molecule is COc1cc2c(Nc3ccc(Cl)cc3F)ncnc2cc1OCc1csc(NC(C)=O)n1.Cl. The van der Waals surface area contributed by atoms with E-state index in [2.05, 4.69) is 25.6 Å². The lowest BCUT2D eigenvalue weighted by Gasteiger charge is -2.13. The molecular formula is C21H18Cl2FN5O3S. The van der Waals surface area contributed by atoms with Crippen LogP contribution in [0, 0.1) is 5.82 Å². The van der Waals surface area contributed by atoms with Gasteiger partial charge in [-0.15, -0.1) is 23.7 Å². The van der Waals surface area contributed by atoms with Gasteiger partial charge in [0.05, 0.1) is 24.0 Å². The first-order chi connectivity index (χ1) is 15.4. The molecule has 1 amide bonds. The number of thiazole rings is 1. The van der Waals surface area contributed by atoms with Crippen molar-refractivity contribution in [3.05, 3.63) is 58.6 Å². The molecule has 2 heterocycles. The molecule has 0 aliphatic carbocycles. The molecule has 172 valence electrons. The summed E-state index contributed by atoms with van der Waals surface area (Å²) < 4.78 is 25.6. The highest BCUT2D eigenvalue weighted by molar-refractivity contribution is 7.13. The molecule has 0 spiro atoms. The van der Waals surface area contributed by atoms with Crippen molar-refractivity contribution >= 4 is 68.8 Å². The normalized spacial score (nSPS) is 10.4. The maximum atomic E-state index is 14.2. The Bertz CT molecular complexity index is 1300. The number of halogens is 3. The van der Waals surface area contributed by atoms with Gasteiger partial charge in [-0.3, -0.25) is 4.79 Å². The molecule has 4 rings (SSSR count).